The number of aromatic nitrogens is 1. The van der Waals surface area contributed by atoms with E-state index in [1.165, 1.54) is 26.2 Å². The molecule has 3 N–H and O–H groups in total. The zero-order valence-corrected chi connectivity index (χ0v) is 9.34. The molecule has 1 atom stereocenters. The number of anilines is 2. The van der Waals surface area contributed by atoms with Crippen molar-refractivity contribution in [1.82, 2.24) is 4.98 Å². The molecular formula is C9H12N4O4. The number of nitro groups is 1. The summed E-state index contributed by atoms with van der Waals surface area (Å²) in [5.74, 6) is -0.494. The van der Waals surface area contributed by atoms with E-state index in [2.05, 4.69) is 15.0 Å². The Morgan fingerprint density at radius 1 is 1.65 bits per heavy atom. The number of methoxy groups -OCH3 is 1. The molecular weight excluding hydrogens is 228 g/mol. The lowest BCUT2D eigenvalue weighted by Crippen LogP contribution is -2.28. The second-order valence-electron chi connectivity index (χ2n) is 3.25. The lowest BCUT2D eigenvalue weighted by atomic mass is 10.3. The number of ether oxygens (including phenoxy) is 1. The van der Waals surface area contributed by atoms with Crippen LogP contribution in [0.3, 0.4) is 0 Å². The van der Waals surface area contributed by atoms with Gasteiger partial charge >= 0.3 is 11.7 Å². The minimum atomic E-state index is -0.756. The topological polar surface area (TPSA) is 120 Å². The Balaban J connectivity index is 3.00. The standard InChI is InChI=1S/C9H12N4O4/c1-5(9(14)17-2)11-8-6(13(15)16)3-4-7(10)12-8/h3-5H,1-2H3,(H3,10,11,12)/t5-/m0/s1. The van der Waals surface area contributed by atoms with Crippen LogP contribution >= 0.6 is 0 Å². The largest absolute Gasteiger partial charge is 0.467 e. The van der Waals surface area contributed by atoms with Crippen molar-refractivity contribution >= 4 is 23.3 Å². The summed E-state index contributed by atoms with van der Waals surface area (Å²) in [4.78, 5) is 25.0. The smallest absolute Gasteiger partial charge is 0.328 e. The lowest BCUT2D eigenvalue weighted by Gasteiger charge is -2.12. The van der Waals surface area contributed by atoms with Crippen molar-refractivity contribution in [3.8, 4) is 0 Å². The van der Waals surface area contributed by atoms with E-state index in [0.29, 0.717) is 0 Å². The van der Waals surface area contributed by atoms with Crippen LogP contribution in [0.2, 0.25) is 0 Å². The first-order valence-electron chi connectivity index (χ1n) is 4.71. The van der Waals surface area contributed by atoms with Crippen LogP contribution in [0, 0.1) is 10.1 Å². The molecule has 92 valence electrons. The Morgan fingerprint density at radius 3 is 2.82 bits per heavy atom. The van der Waals surface area contributed by atoms with Gasteiger partial charge in [-0.1, -0.05) is 0 Å². The molecule has 1 rings (SSSR count). The first-order chi connectivity index (χ1) is 7.95. The van der Waals surface area contributed by atoms with Crippen molar-refractivity contribution in [1.29, 1.82) is 0 Å². The number of esters is 1. The molecule has 0 bridgehead atoms. The SMILES string of the molecule is COC(=O)[C@H](C)Nc1nc(N)ccc1[N+](=O)[O-]. The molecule has 0 radical (unpaired) electrons. The second-order valence-corrected chi connectivity index (χ2v) is 3.25. The molecule has 8 heteroatoms. The molecule has 0 aromatic carbocycles. The quantitative estimate of drug-likeness (QED) is 0.447. The molecule has 0 aliphatic carbocycles. The van der Waals surface area contributed by atoms with Gasteiger partial charge in [-0.15, -0.1) is 0 Å². The van der Waals surface area contributed by atoms with Crippen LogP contribution in [0.5, 0.6) is 0 Å². The summed E-state index contributed by atoms with van der Waals surface area (Å²) in [7, 11) is 1.22. The highest BCUT2D eigenvalue weighted by molar-refractivity contribution is 5.79. The third kappa shape index (κ3) is 3.03. The Hall–Kier alpha value is -2.38. The summed E-state index contributed by atoms with van der Waals surface area (Å²) in [6.45, 7) is 1.50. The molecule has 0 fully saturated rings. The number of pyridine rings is 1. The van der Waals surface area contributed by atoms with Gasteiger partial charge in [-0.25, -0.2) is 9.78 Å². The number of hydrogen-bond donors (Lipinski definition) is 2. The van der Waals surface area contributed by atoms with E-state index in [4.69, 9.17) is 5.73 Å². The summed E-state index contributed by atoms with van der Waals surface area (Å²) in [5, 5.41) is 13.3. The number of rotatable bonds is 4. The van der Waals surface area contributed by atoms with Gasteiger partial charge in [-0.2, -0.15) is 0 Å². The van der Waals surface area contributed by atoms with Crippen LogP contribution in [-0.4, -0.2) is 29.0 Å². The zero-order valence-electron chi connectivity index (χ0n) is 9.34. The van der Waals surface area contributed by atoms with Gasteiger partial charge in [0.1, 0.15) is 11.9 Å². The molecule has 0 aliphatic heterocycles. The molecule has 0 unspecified atom stereocenters. The molecule has 0 saturated carbocycles. The number of nitrogens with zero attached hydrogens (tertiary/aromatic N) is 2. The minimum absolute atomic E-state index is 0.0621. The third-order valence-corrected chi connectivity index (χ3v) is 2.00. The van der Waals surface area contributed by atoms with Crippen molar-refractivity contribution in [3.05, 3.63) is 22.2 Å². The van der Waals surface area contributed by atoms with Gasteiger partial charge in [-0.3, -0.25) is 10.1 Å². The van der Waals surface area contributed by atoms with Crippen molar-refractivity contribution < 1.29 is 14.5 Å². The molecule has 1 heterocycles. The van der Waals surface area contributed by atoms with Crippen LogP contribution in [0.4, 0.5) is 17.3 Å². The Kier molecular flexibility index (Phi) is 3.81. The monoisotopic (exact) mass is 240 g/mol. The molecule has 1 aromatic heterocycles. The van der Waals surface area contributed by atoms with Gasteiger partial charge in [0.2, 0.25) is 5.82 Å². The molecule has 0 aliphatic rings. The minimum Gasteiger partial charge on any atom is -0.467 e. The zero-order chi connectivity index (χ0) is 13.0. The maximum absolute atomic E-state index is 11.2. The van der Waals surface area contributed by atoms with E-state index in [0.717, 1.165) is 0 Å². The van der Waals surface area contributed by atoms with E-state index in [9.17, 15) is 14.9 Å². The maximum atomic E-state index is 11.2. The third-order valence-electron chi connectivity index (χ3n) is 2.00. The van der Waals surface area contributed by atoms with Gasteiger partial charge in [0, 0.05) is 6.07 Å². The number of carbonyl (C=O) groups is 1. The predicted octanol–water partition coefficient (Wildman–Crippen LogP) is 0.545. The number of nitrogens with one attached hydrogen (secondary N) is 1. The molecule has 17 heavy (non-hydrogen) atoms. The molecule has 0 spiro atoms. The highest BCUT2D eigenvalue weighted by atomic mass is 16.6. The van der Waals surface area contributed by atoms with Crippen LogP contribution in [0.25, 0.3) is 0 Å². The number of hydrogen-bond acceptors (Lipinski definition) is 7. The first kappa shape index (κ1) is 12.7. The predicted molar refractivity (Wildman–Crippen MR) is 60.4 cm³/mol. The van der Waals surface area contributed by atoms with Crippen LogP contribution in [-0.2, 0) is 9.53 Å². The van der Waals surface area contributed by atoms with Crippen LogP contribution < -0.4 is 11.1 Å². The van der Waals surface area contributed by atoms with Crippen molar-refractivity contribution in [3.63, 3.8) is 0 Å². The fraction of sp³-hybridized carbons (Fsp3) is 0.333. The van der Waals surface area contributed by atoms with Gasteiger partial charge in [-0.05, 0) is 13.0 Å². The van der Waals surface area contributed by atoms with Gasteiger partial charge in [0.25, 0.3) is 0 Å². The van der Waals surface area contributed by atoms with Gasteiger partial charge in [0.05, 0.1) is 12.0 Å². The molecule has 0 saturated heterocycles. The van der Waals surface area contributed by atoms with E-state index in [-0.39, 0.29) is 17.3 Å². The molecule has 1 aromatic rings. The summed E-state index contributed by atoms with van der Waals surface area (Å²) >= 11 is 0. The average Bonchev–Trinajstić information content (AvgIpc) is 2.27. The van der Waals surface area contributed by atoms with E-state index >= 15 is 0 Å². The summed E-state index contributed by atoms with van der Waals surface area (Å²) in [5.41, 5.74) is 5.17. The summed E-state index contributed by atoms with van der Waals surface area (Å²) in [6, 6.07) is 1.77. The Labute approximate surface area is 96.9 Å². The van der Waals surface area contributed by atoms with Crippen molar-refractivity contribution in [2.45, 2.75) is 13.0 Å². The fourth-order valence-electron chi connectivity index (χ4n) is 1.16. The summed E-state index contributed by atoms with van der Waals surface area (Å²) < 4.78 is 4.48. The van der Waals surface area contributed by atoms with Gasteiger partial charge in [0.15, 0.2) is 0 Å². The number of nitrogens with two attached hydrogens (primary N) is 1. The summed E-state index contributed by atoms with van der Waals surface area (Å²) in [6.07, 6.45) is 0. The highest BCUT2D eigenvalue weighted by Crippen LogP contribution is 2.23. The number of carbonyl (C=O) groups excluding carboxylic acids is 1. The maximum Gasteiger partial charge on any atom is 0.328 e. The van der Waals surface area contributed by atoms with E-state index in [1.807, 2.05) is 0 Å². The fourth-order valence-corrected chi connectivity index (χ4v) is 1.16. The Morgan fingerprint density at radius 2 is 2.29 bits per heavy atom. The Bertz CT molecular complexity index is 449. The number of nitrogen functional groups attached to an aromatic ring is 1. The van der Waals surface area contributed by atoms with Crippen molar-refractivity contribution in [2.75, 3.05) is 18.2 Å². The lowest BCUT2D eigenvalue weighted by molar-refractivity contribution is -0.384. The van der Waals surface area contributed by atoms with E-state index in [1.54, 1.807) is 0 Å². The highest BCUT2D eigenvalue weighted by Gasteiger charge is 2.20. The van der Waals surface area contributed by atoms with Crippen LogP contribution in [0.15, 0.2) is 12.1 Å². The van der Waals surface area contributed by atoms with E-state index < -0.39 is 16.9 Å². The van der Waals surface area contributed by atoms with Gasteiger partial charge < -0.3 is 15.8 Å². The second kappa shape index (κ2) is 5.10. The molecule has 8 nitrogen and oxygen atoms in total. The van der Waals surface area contributed by atoms with Crippen molar-refractivity contribution in [2.24, 2.45) is 0 Å². The first-order valence-corrected chi connectivity index (χ1v) is 4.71. The average molecular weight is 240 g/mol. The normalized spacial score (nSPS) is 11.6. The molecule has 0 amide bonds. The van der Waals surface area contributed by atoms with Crippen LogP contribution in [0.1, 0.15) is 6.92 Å².